The number of carbonyl (C=O) groups is 1. The van der Waals surface area contributed by atoms with Crippen molar-refractivity contribution in [3.8, 4) is 0 Å². The molecule has 1 aromatic heterocycles. The third-order valence-electron chi connectivity index (χ3n) is 3.45. The summed E-state index contributed by atoms with van der Waals surface area (Å²) in [5.74, 6) is 0.114. The van der Waals surface area contributed by atoms with Gasteiger partial charge in [-0.3, -0.25) is 4.79 Å². The second kappa shape index (κ2) is 7.56. The van der Waals surface area contributed by atoms with Gasteiger partial charge in [-0.25, -0.2) is 13.4 Å². The van der Waals surface area contributed by atoms with Crippen molar-refractivity contribution >= 4 is 16.0 Å². The molecule has 0 aromatic carbocycles. The Hall–Kier alpha value is -1.41. The highest BCUT2D eigenvalue weighted by atomic mass is 32.2. The maximum atomic E-state index is 12.6. The Morgan fingerprint density at radius 3 is 2.48 bits per heavy atom. The van der Waals surface area contributed by atoms with E-state index >= 15 is 0 Å². The average molecular weight is 317 g/mol. The van der Waals surface area contributed by atoms with E-state index in [-0.39, 0.29) is 24.0 Å². The van der Waals surface area contributed by atoms with Gasteiger partial charge in [-0.1, -0.05) is 26.7 Å². The van der Waals surface area contributed by atoms with Crippen LogP contribution in [0.2, 0.25) is 0 Å². The molecule has 8 heteroatoms. The first-order valence-electron chi connectivity index (χ1n) is 6.93. The van der Waals surface area contributed by atoms with Crippen LogP contribution in [0.4, 0.5) is 0 Å². The van der Waals surface area contributed by atoms with Crippen molar-refractivity contribution in [2.45, 2.75) is 38.6 Å². The van der Waals surface area contributed by atoms with Crippen LogP contribution in [0, 0.1) is 12.8 Å². The number of hydrogen-bond acceptors (Lipinski definition) is 5. The Balaban J connectivity index is 3.06. The molecule has 0 amide bonds. The fraction of sp³-hybridized carbons (Fsp3) is 0.692. The van der Waals surface area contributed by atoms with Crippen LogP contribution in [0.1, 0.15) is 32.5 Å². The number of carbonyl (C=O) groups excluding carboxylic acids is 1. The molecule has 0 bridgehead atoms. The minimum atomic E-state index is -3.79. The van der Waals surface area contributed by atoms with Gasteiger partial charge in [0.1, 0.15) is 12.4 Å². The van der Waals surface area contributed by atoms with Crippen LogP contribution in [-0.4, -0.2) is 48.9 Å². The number of nitrogens with one attached hydrogen (secondary N) is 1. The second-order valence-electron chi connectivity index (χ2n) is 4.89. The molecular weight excluding hydrogens is 294 g/mol. The van der Waals surface area contributed by atoms with Gasteiger partial charge < -0.3 is 9.72 Å². The van der Waals surface area contributed by atoms with E-state index in [9.17, 15) is 13.2 Å². The molecule has 21 heavy (non-hydrogen) atoms. The summed E-state index contributed by atoms with van der Waals surface area (Å²) in [5.41, 5.74) is 0. The molecule has 0 saturated heterocycles. The molecule has 0 unspecified atom stereocenters. The minimum absolute atomic E-state index is 0.00476. The number of esters is 1. The lowest BCUT2D eigenvalue weighted by Crippen LogP contribution is -2.39. The number of methoxy groups -OCH3 is 1. The number of rotatable bonds is 8. The molecule has 0 radical (unpaired) electrons. The number of H-pyrrole nitrogens is 1. The van der Waals surface area contributed by atoms with Gasteiger partial charge in [0.2, 0.25) is 0 Å². The van der Waals surface area contributed by atoms with Crippen LogP contribution in [0.5, 0.6) is 0 Å². The predicted octanol–water partition coefficient (Wildman–Crippen LogP) is 1.32. The molecule has 1 heterocycles. The third-order valence-corrected chi connectivity index (χ3v) is 5.17. The first-order valence-corrected chi connectivity index (χ1v) is 8.37. The molecule has 0 aliphatic heterocycles. The molecule has 1 rings (SSSR count). The Kier molecular flexibility index (Phi) is 6.35. The van der Waals surface area contributed by atoms with Gasteiger partial charge >= 0.3 is 5.97 Å². The standard InChI is InChI=1S/C13H23N3O4S/c1-5-11(6-2)8-16(9-13(17)20-4)21(18,19)12-7-14-10(3)15-12/h7,11H,5-6,8-9H2,1-4H3,(H,14,15). The van der Waals surface area contributed by atoms with E-state index in [1.54, 1.807) is 6.92 Å². The van der Waals surface area contributed by atoms with Gasteiger partial charge in [0, 0.05) is 6.54 Å². The lowest BCUT2D eigenvalue weighted by atomic mass is 10.0. The van der Waals surface area contributed by atoms with Gasteiger partial charge in [-0.05, 0) is 12.8 Å². The Morgan fingerprint density at radius 1 is 1.43 bits per heavy atom. The van der Waals surface area contributed by atoms with Gasteiger partial charge in [-0.2, -0.15) is 4.31 Å². The van der Waals surface area contributed by atoms with Crippen LogP contribution in [0.15, 0.2) is 11.2 Å². The number of sulfonamides is 1. The monoisotopic (exact) mass is 317 g/mol. The molecule has 0 atom stereocenters. The van der Waals surface area contributed by atoms with E-state index in [0.29, 0.717) is 5.82 Å². The lowest BCUT2D eigenvalue weighted by molar-refractivity contribution is -0.140. The van der Waals surface area contributed by atoms with E-state index in [0.717, 1.165) is 17.1 Å². The maximum absolute atomic E-state index is 12.6. The molecule has 1 N–H and O–H groups in total. The van der Waals surface area contributed by atoms with Crippen molar-refractivity contribution in [3.05, 3.63) is 12.0 Å². The SMILES string of the molecule is CCC(CC)CN(CC(=O)OC)S(=O)(=O)c1cnc(C)[nH]1. The smallest absolute Gasteiger partial charge is 0.321 e. The van der Waals surface area contributed by atoms with Crippen molar-refractivity contribution in [2.75, 3.05) is 20.2 Å². The highest BCUT2D eigenvalue weighted by Gasteiger charge is 2.30. The number of aromatic amines is 1. The summed E-state index contributed by atoms with van der Waals surface area (Å²) >= 11 is 0. The average Bonchev–Trinajstić information content (AvgIpc) is 2.90. The lowest BCUT2D eigenvalue weighted by Gasteiger charge is -2.24. The van der Waals surface area contributed by atoms with Gasteiger partial charge in [0.15, 0.2) is 5.03 Å². The largest absolute Gasteiger partial charge is 0.468 e. The summed E-state index contributed by atoms with van der Waals surface area (Å²) in [6.45, 7) is 5.65. The molecule has 0 aliphatic carbocycles. The number of imidazole rings is 1. The van der Waals surface area contributed by atoms with Crippen molar-refractivity contribution < 1.29 is 17.9 Å². The van der Waals surface area contributed by atoms with Crippen LogP contribution < -0.4 is 0 Å². The molecule has 0 aliphatic rings. The number of hydrogen-bond donors (Lipinski definition) is 1. The van der Waals surface area contributed by atoms with Gasteiger partial charge in [0.25, 0.3) is 10.0 Å². The summed E-state index contributed by atoms with van der Waals surface area (Å²) in [6.07, 6.45) is 2.94. The maximum Gasteiger partial charge on any atom is 0.321 e. The zero-order chi connectivity index (χ0) is 16.0. The van der Waals surface area contributed by atoms with Crippen LogP contribution in [0.25, 0.3) is 0 Å². The predicted molar refractivity (Wildman–Crippen MR) is 78.2 cm³/mol. The molecular formula is C13H23N3O4S. The number of ether oxygens (including phenoxy) is 1. The molecule has 7 nitrogen and oxygen atoms in total. The Morgan fingerprint density at radius 2 is 2.05 bits per heavy atom. The summed E-state index contributed by atoms with van der Waals surface area (Å²) in [5, 5.41) is -0.00476. The van der Waals surface area contributed by atoms with E-state index < -0.39 is 16.0 Å². The summed E-state index contributed by atoms with van der Waals surface area (Å²) in [7, 11) is -2.55. The number of nitrogens with zero attached hydrogens (tertiary/aromatic N) is 2. The van der Waals surface area contributed by atoms with Crippen molar-refractivity contribution in [3.63, 3.8) is 0 Å². The first kappa shape index (κ1) is 17.6. The van der Waals surface area contributed by atoms with E-state index in [4.69, 9.17) is 0 Å². The van der Waals surface area contributed by atoms with E-state index in [1.807, 2.05) is 13.8 Å². The highest BCUT2D eigenvalue weighted by molar-refractivity contribution is 7.89. The van der Waals surface area contributed by atoms with Crippen LogP contribution >= 0.6 is 0 Å². The minimum Gasteiger partial charge on any atom is -0.468 e. The molecule has 120 valence electrons. The van der Waals surface area contributed by atoms with Crippen molar-refractivity contribution in [1.82, 2.24) is 14.3 Å². The van der Waals surface area contributed by atoms with Crippen LogP contribution in [-0.2, 0) is 19.6 Å². The van der Waals surface area contributed by atoms with Gasteiger partial charge in [0.05, 0.1) is 13.3 Å². The molecule has 0 saturated carbocycles. The quantitative estimate of drug-likeness (QED) is 0.730. The van der Waals surface area contributed by atoms with E-state index in [2.05, 4.69) is 14.7 Å². The molecule has 1 aromatic rings. The molecule has 0 fully saturated rings. The van der Waals surface area contributed by atoms with Crippen molar-refractivity contribution in [2.24, 2.45) is 5.92 Å². The number of aryl methyl sites for hydroxylation is 1. The van der Waals surface area contributed by atoms with Gasteiger partial charge in [-0.15, -0.1) is 0 Å². The first-order chi connectivity index (χ1) is 9.84. The number of aromatic nitrogens is 2. The summed E-state index contributed by atoms with van der Waals surface area (Å²) in [6, 6.07) is 0. The Labute approximate surface area is 125 Å². The second-order valence-corrected chi connectivity index (χ2v) is 6.80. The normalized spacial score (nSPS) is 12.1. The van der Waals surface area contributed by atoms with Crippen LogP contribution in [0.3, 0.4) is 0 Å². The Bertz CT molecular complexity index is 564. The molecule has 0 spiro atoms. The summed E-state index contributed by atoms with van der Waals surface area (Å²) in [4.78, 5) is 18.1. The fourth-order valence-electron chi connectivity index (χ4n) is 1.96. The fourth-order valence-corrected chi connectivity index (χ4v) is 3.38. The third kappa shape index (κ3) is 4.53. The zero-order valence-electron chi connectivity index (χ0n) is 12.9. The van der Waals surface area contributed by atoms with Crippen molar-refractivity contribution in [1.29, 1.82) is 0 Å². The topological polar surface area (TPSA) is 92.4 Å². The van der Waals surface area contributed by atoms with E-state index in [1.165, 1.54) is 13.3 Å². The zero-order valence-corrected chi connectivity index (χ0v) is 13.7. The summed E-state index contributed by atoms with van der Waals surface area (Å²) < 4.78 is 31.0. The highest BCUT2D eigenvalue weighted by Crippen LogP contribution is 2.18.